The molecule has 1 aliphatic carbocycles. The van der Waals surface area contributed by atoms with Crippen LogP contribution in [0.15, 0.2) is 48.5 Å². The maximum absolute atomic E-state index is 13.5. The highest BCUT2D eigenvalue weighted by Crippen LogP contribution is 2.34. The fourth-order valence-corrected chi connectivity index (χ4v) is 5.15. The minimum absolute atomic E-state index is 0.152. The van der Waals surface area contributed by atoms with Crippen LogP contribution >= 0.6 is 0 Å². The smallest absolute Gasteiger partial charge is 0.321 e. The predicted octanol–water partition coefficient (Wildman–Crippen LogP) is 5.38. The van der Waals surface area contributed by atoms with Gasteiger partial charge in [-0.05, 0) is 78.3 Å². The predicted molar refractivity (Wildman–Crippen MR) is 127 cm³/mol. The summed E-state index contributed by atoms with van der Waals surface area (Å²) in [6.07, 6.45) is 3.73. The number of benzene rings is 3. The summed E-state index contributed by atoms with van der Waals surface area (Å²) in [5.41, 5.74) is 5.18. The molecule has 1 atom stereocenters. The number of hydrogen-bond acceptors (Lipinski definition) is 3. The molecule has 1 aliphatic heterocycles. The number of carbonyl (C=O) groups is 2. The van der Waals surface area contributed by atoms with Crippen LogP contribution in [0.2, 0.25) is 0 Å². The molecule has 2 aliphatic rings. The second-order valence-electron chi connectivity index (χ2n) is 8.87. The Bertz CT molecular complexity index is 1210. The number of methoxy groups -OCH3 is 1. The number of nitrogens with zero attached hydrogens (tertiary/aromatic N) is 1. The van der Waals surface area contributed by atoms with Crippen LogP contribution in [0.4, 0.5) is 10.5 Å². The zero-order valence-electron chi connectivity index (χ0n) is 18.6. The Balaban J connectivity index is 1.34. The number of ketones is 1. The van der Waals surface area contributed by atoms with Crippen molar-refractivity contribution in [1.82, 2.24) is 4.90 Å². The van der Waals surface area contributed by atoms with E-state index in [1.54, 1.807) is 12.0 Å². The SMILES string of the molecule is COc1ccc(NC(=O)N2CCC[C@@H](C(=O)c3ccc4c5c(cccc35)CC4)C2)c(C)c1. The third kappa shape index (κ3) is 3.62. The van der Waals surface area contributed by atoms with E-state index in [4.69, 9.17) is 4.74 Å². The summed E-state index contributed by atoms with van der Waals surface area (Å²) in [6.45, 7) is 3.05. The number of rotatable bonds is 4. The molecular weight excluding hydrogens is 400 g/mol. The van der Waals surface area contributed by atoms with Gasteiger partial charge < -0.3 is 15.0 Å². The van der Waals surface area contributed by atoms with Gasteiger partial charge in [0.05, 0.1) is 7.11 Å². The molecular formula is C27H28N2O3. The minimum Gasteiger partial charge on any atom is -0.497 e. The fraction of sp³-hybridized carbons (Fsp3) is 0.333. The van der Waals surface area contributed by atoms with E-state index < -0.39 is 0 Å². The number of hydrogen-bond donors (Lipinski definition) is 1. The maximum Gasteiger partial charge on any atom is 0.321 e. The molecule has 5 nitrogen and oxygen atoms in total. The van der Waals surface area contributed by atoms with Crippen LogP contribution in [0.25, 0.3) is 10.8 Å². The number of aryl methyl sites for hydroxylation is 3. The minimum atomic E-state index is -0.176. The van der Waals surface area contributed by atoms with Gasteiger partial charge in [-0.1, -0.05) is 30.3 Å². The number of likely N-dealkylation sites (tertiary alicyclic amines) is 1. The molecule has 2 amide bonds. The lowest BCUT2D eigenvalue weighted by atomic mass is 9.87. The zero-order chi connectivity index (χ0) is 22.2. The Kier molecular flexibility index (Phi) is 5.33. The first-order valence-corrected chi connectivity index (χ1v) is 11.3. The Morgan fingerprint density at radius 2 is 1.88 bits per heavy atom. The highest BCUT2D eigenvalue weighted by Gasteiger charge is 2.30. The van der Waals surface area contributed by atoms with Crippen molar-refractivity contribution < 1.29 is 14.3 Å². The zero-order valence-corrected chi connectivity index (χ0v) is 18.6. The molecule has 5 heteroatoms. The molecule has 5 rings (SSSR count). The summed E-state index contributed by atoms with van der Waals surface area (Å²) in [7, 11) is 1.62. The number of Topliss-reactive ketones (excluding diaryl/α,β-unsaturated/α-hetero) is 1. The van der Waals surface area contributed by atoms with Crippen molar-refractivity contribution in [3.8, 4) is 5.75 Å². The Morgan fingerprint density at radius 3 is 2.66 bits per heavy atom. The van der Waals surface area contributed by atoms with Gasteiger partial charge in [0.25, 0.3) is 0 Å². The van der Waals surface area contributed by atoms with Crippen LogP contribution in [-0.2, 0) is 12.8 Å². The molecule has 32 heavy (non-hydrogen) atoms. The van der Waals surface area contributed by atoms with E-state index in [2.05, 4.69) is 29.6 Å². The molecule has 1 saturated heterocycles. The average Bonchev–Trinajstić information content (AvgIpc) is 3.25. The molecule has 0 saturated carbocycles. The summed E-state index contributed by atoms with van der Waals surface area (Å²) in [6, 6.07) is 15.8. The second-order valence-corrected chi connectivity index (χ2v) is 8.87. The second kappa shape index (κ2) is 8.30. The van der Waals surface area contributed by atoms with Crippen molar-refractivity contribution in [3.05, 3.63) is 70.8 Å². The first-order chi connectivity index (χ1) is 15.5. The number of urea groups is 1. The van der Waals surface area contributed by atoms with E-state index in [1.807, 2.05) is 31.2 Å². The van der Waals surface area contributed by atoms with Crippen molar-refractivity contribution >= 4 is 28.3 Å². The number of piperidine rings is 1. The monoisotopic (exact) mass is 428 g/mol. The highest BCUT2D eigenvalue weighted by atomic mass is 16.5. The molecule has 0 aromatic heterocycles. The van der Waals surface area contributed by atoms with Gasteiger partial charge in [-0.3, -0.25) is 4.79 Å². The van der Waals surface area contributed by atoms with Crippen molar-refractivity contribution in [2.45, 2.75) is 32.6 Å². The maximum atomic E-state index is 13.5. The average molecular weight is 429 g/mol. The van der Waals surface area contributed by atoms with Crippen LogP contribution in [0.3, 0.4) is 0 Å². The number of nitrogens with one attached hydrogen (secondary N) is 1. The van der Waals surface area contributed by atoms with E-state index >= 15 is 0 Å². The summed E-state index contributed by atoms with van der Waals surface area (Å²) < 4.78 is 5.24. The Hall–Kier alpha value is -3.34. The molecule has 0 spiro atoms. The number of amides is 2. The molecule has 1 heterocycles. The summed E-state index contributed by atoms with van der Waals surface area (Å²) in [5, 5.41) is 5.33. The number of carbonyl (C=O) groups excluding carboxylic acids is 2. The van der Waals surface area contributed by atoms with E-state index in [-0.39, 0.29) is 17.7 Å². The Labute approximate surface area is 188 Å². The van der Waals surface area contributed by atoms with Crippen molar-refractivity contribution in [3.63, 3.8) is 0 Å². The van der Waals surface area contributed by atoms with Crippen molar-refractivity contribution in [1.29, 1.82) is 0 Å². The lowest BCUT2D eigenvalue weighted by molar-refractivity contribution is 0.0853. The molecule has 0 radical (unpaired) electrons. The van der Waals surface area contributed by atoms with Gasteiger partial charge in [0.2, 0.25) is 0 Å². The van der Waals surface area contributed by atoms with E-state index in [0.717, 1.165) is 53.6 Å². The first kappa shape index (κ1) is 20.6. The summed E-state index contributed by atoms with van der Waals surface area (Å²) in [4.78, 5) is 28.3. The molecule has 0 unspecified atom stereocenters. The number of anilines is 1. The van der Waals surface area contributed by atoms with Gasteiger partial charge in [-0.15, -0.1) is 0 Å². The summed E-state index contributed by atoms with van der Waals surface area (Å²) >= 11 is 0. The van der Waals surface area contributed by atoms with Crippen LogP contribution in [-0.4, -0.2) is 36.9 Å². The quantitative estimate of drug-likeness (QED) is 0.568. The van der Waals surface area contributed by atoms with Crippen LogP contribution in [0.5, 0.6) is 5.75 Å². The van der Waals surface area contributed by atoms with Gasteiger partial charge >= 0.3 is 6.03 Å². The van der Waals surface area contributed by atoms with Crippen molar-refractivity contribution in [2.75, 3.05) is 25.5 Å². The fourth-order valence-electron chi connectivity index (χ4n) is 5.15. The van der Waals surface area contributed by atoms with E-state index in [9.17, 15) is 9.59 Å². The molecule has 3 aromatic rings. The van der Waals surface area contributed by atoms with Crippen LogP contribution < -0.4 is 10.1 Å². The van der Waals surface area contributed by atoms with Gasteiger partial charge in [0.15, 0.2) is 5.78 Å². The standard InChI is InChI=1S/C27H28N2O3/c1-17-15-21(32-2)11-13-24(17)28-27(31)29-14-4-6-20(16-29)26(30)23-12-10-19-9-8-18-5-3-7-22(23)25(18)19/h3,5,7,10-13,15,20H,4,6,8-9,14,16H2,1-2H3,(H,28,31)/t20-/m1/s1. The largest absolute Gasteiger partial charge is 0.497 e. The number of ether oxygens (including phenoxy) is 1. The highest BCUT2D eigenvalue weighted by molar-refractivity contribution is 6.11. The molecule has 0 bridgehead atoms. The van der Waals surface area contributed by atoms with Gasteiger partial charge in [-0.2, -0.15) is 0 Å². The molecule has 3 aromatic carbocycles. The molecule has 1 fully saturated rings. The van der Waals surface area contributed by atoms with E-state index in [0.29, 0.717) is 13.1 Å². The molecule has 1 N–H and O–H groups in total. The van der Waals surface area contributed by atoms with Crippen LogP contribution in [0, 0.1) is 12.8 Å². The van der Waals surface area contributed by atoms with Gasteiger partial charge in [-0.25, -0.2) is 4.79 Å². The van der Waals surface area contributed by atoms with Gasteiger partial charge in [0.1, 0.15) is 5.75 Å². The topological polar surface area (TPSA) is 58.6 Å². The van der Waals surface area contributed by atoms with Crippen molar-refractivity contribution in [2.24, 2.45) is 5.92 Å². The third-order valence-electron chi connectivity index (χ3n) is 6.90. The lowest BCUT2D eigenvalue weighted by Crippen LogP contribution is -2.44. The normalized spacial score (nSPS) is 17.4. The Morgan fingerprint density at radius 1 is 1.06 bits per heavy atom. The lowest BCUT2D eigenvalue weighted by Gasteiger charge is -2.32. The van der Waals surface area contributed by atoms with Gasteiger partial charge in [0, 0.05) is 30.3 Å². The first-order valence-electron chi connectivity index (χ1n) is 11.3. The van der Waals surface area contributed by atoms with Crippen LogP contribution in [0.1, 0.15) is 39.9 Å². The molecule has 164 valence electrons. The van der Waals surface area contributed by atoms with E-state index in [1.165, 1.54) is 16.5 Å². The third-order valence-corrected chi connectivity index (χ3v) is 6.90. The summed E-state index contributed by atoms with van der Waals surface area (Å²) in [5.74, 6) is 0.734.